The Morgan fingerprint density at radius 1 is 1.29 bits per heavy atom. The van der Waals surface area contributed by atoms with Gasteiger partial charge < -0.3 is 5.32 Å². The van der Waals surface area contributed by atoms with Crippen molar-refractivity contribution >= 4 is 0 Å². The lowest BCUT2D eigenvalue weighted by Crippen LogP contribution is -2.26. The highest BCUT2D eigenvalue weighted by Crippen LogP contribution is 2.29. The summed E-state index contributed by atoms with van der Waals surface area (Å²) in [4.78, 5) is 0. The molecule has 1 aromatic carbocycles. The number of aromatic nitrogens is 2. The van der Waals surface area contributed by atoms with Gasteiger partial charge in [0, 0.05) is 17.3 Å². The Morgan fingerprint density at radius 2 is 2.10 bits per heavy atom. The molecule has 0 spiro atoms. The average Bonchev–Trinajstić information content (AvgIpc) is 2.91. The molecule has 1 heterocycles. The zero-order valence-corrected chi connectivity index (χ0v) is 13.1. The normalized spacial score (nSPS) is 17.7. The fourth-order valence-corrected chi connectivity index (χ4v) is 3.15. The Kier molecular flexibility index (Phi) is 4.39. The highest BCUT2D eigenvalue weighted by molar-refractivity contribution is 5.27. The third-order valence-corrected chi connectivity index (χ3v) is 4.36. The van der Waals surface area contributed by atoms with Crippen LogP contribution in [0.25, 0.3) is 0 Å². The van der Waals surface area contributed by atoms with Crippen molar-refractivity contribution in [3.05, 3.63) is 52.8 Å². The molecule has 21 heavy (non-hydrogen) atoms. The van der Waals surface area contributed by atoms with Crippen molar-refractivity contribution in [1.82, 2.24) is 15.1 Å². The Balaban J connectivity index is 1.78. The zero-order chi connectivity index (χ0) is 14.7. The maximum Gasteiger partial charge on any atom is 0.0662 e. The second kappa shape index (κ2) is 6.44. The number of aryl methyl sites for hydroxylation is 1. The largest absolute Gasteiger partial charge is 0.310 e. The number of hydrogen-bond acceptors (Lipinski definition) is 2. The lowest BCUT2D eigenvalue weighted by atomic mass is 9.93. The quantitative estimate of drug-likeness (QED) is 0.908. The molecule has 1 atom stereocenters. The lowest BCUT2D eigenvalue weighted by molar-refractivity contribution is 0.451. The second-order valence-electron chi connectivity index (χ2n) is 6.09. The molecule has 3 rings (SSSR count). The fraction of sp³-hybridized carbons (Fsp3) is 0.500. The highest BCUT2D eigenvalue weighted by atomic mass is 15.3. The molecule has 1 N–H and O–H groups in total. The summed E-state index contributed by atoms with van der Waals surface area (Å²) in [6.45, 7) is 6.32. The summed E-state index contributed by atoms with van der Waals surface area (Å²) in [5, 5.41) is 8.31. The molecule has 1 aliphatic carbocycles. The van der Waals surface area contributed by atoms with Crippen LogP contribution >= 0.6 is 0 Å². The molecule has 1 unspecified atom stereocenters. The number of nitrogens with one attached hydrogen (secondary N) is 1. The van der Waals surface area contributed by atoms with Gasteiger partial charge in [-0.25, -0.2) is 0 Å². The van der Waals surface area contributed by atoms with Crippen LogP contribution in [0.3, 0.4) is 0 Å². The number of nitrogens with zero attached hydrogens (tertiary/aromatic N) is 2. The SMILES string of the molecule is CCCNC1CCCc2c1cnn2Cc1ccc(C)cc1. The molecule has 0 fully saturated rings. The lowest BCUT2D eigenvalue weighted by Gasteiger charge is -2.24. The molecule has 1 aliphatic rings. The number of benzene rings is 1. The molecule has 0 aliphatic heterocycles. The molecule has 0 amide bonds. The van der Waals surface area contributed by atoms with E-state index < -0.39 is 0 Å². The number of fused-ring (bicyclic) bond motifs is 1. The van der Waals surface area contributed by atoms with Crippen LogP contribution in [0.15, 0.2) is 30.5 Å². The first-order valence-electron chi connectivity index (χ1n) is 8.11. The standard InChI is InChI=1S/C18H25N3/c1-3-11-19-17-5-4-6-18-16(17)12-20-21(18)13-15-9-7-14(2)8-10-15/h7-10,12,17,19H,3-6,11,13H2,1-2H3. The third-order valence-electron chi connectivity index (χ3n) is 4.36. The number of hydrogen-bond donors (Lipinski definition) is 1. The van der Waals surface area contributed by atoms with Gasteiger partial charge in [-0.05, 0) is 44.7 Å². The minimum Gasteiger partial charge on any atom is -0.310 e. The van der Waals surface area contributed by atoms with E-state index >= 15 is 0 Å². The molecule has 3 heteroatoms. The zero-order valence-electron chi connectivity index (χ0n) is 13.1. The van der Waals surface area contributed by atoms with Crippen molar-refractivity contribution < 1.29 is 0 Å². The minimum absolute atomic E-state index is 0.500. The van der Waals surface area contributed by atoms with Crippen molar-refractivity contribution in [3.8, 4) is 0 Å². The van der Waals surface area contributed by atoms with Gasteiger partial charge in [-0.1, -0.05) is 36.8 Å². The highest BCUT2D eigenvalue weighted by Gasteiger charge is 2.23. The van der Waals surface area contributed by atoms with E-state index in [-0.39, 0.29) is 0 Å². The average molecular weight is 283 g/mol. The van der Waals surface area contributed by atoms with Gasteiger partial charge in [0.05, 0.1) is 12.7 Å². The second-order valence-corrected chi connectivity index (χ2v) is 6.09. The van der Waals surface area contributed by atoms with Gasteiger partial charge in [0.1, 0.15) is 0 Å². The molecule has 0 bridgehead atoms. The Bertz CT molecular complexity index is 583. The molecular weight excluding hydrogens is 258 g/mol. The van der Waals surface area contributed by atoms with Crippen LogP contribution in [0.5, 0.6) is 0 Å². The minimum atomic E-state index is 0.500. The van der Waals surface area contributed by atoms with E-state index in [0.717, 1.165) is 19.5 Å². The van der Waals surface area contributed by atoms with Crippen molar-refractivity contribution in [2.75, 3.05) is 6.54 Å². The van der Waals surface area contributed by atoms with Gasteiger partial charge >= 0.3 is 0 Å². The van der Waals surface area contributed by atoms with Gasteiger partial charge in [0.25, 0.3) is 0 Å². The molecule has 0 saturated carbocycles. The van der Waals surface area contributed by atoms with Crippen LogP contribution in [-0.4, -0.2) is 16.3 Å². The molecule has 3 nitrogen and oxygen atoms in total. The molecular formula is C18H25N3. The first-order valence-corrected chi connectivity index (χ1v) is 8.11. The third kappa shape index (κ3) is 3.18. The monoisotopic (exact) mass is 283 g/mol. The van der Waals surface area contributed by atoms with Crippen molar-refractivity contribution in [2.24, 2.45) is 0 Å². The maximum absolute atomic E-state index is 4.65. The molecule has 0 saturated heterocycles. The summed E-state index contributed by atoms with van der Waals surface area (Å²) < 4.78 is 2.19. The van der Waals surface area contributed by atoms with E-state index in [1.165, 1.54) is 41.6 Å². The van der Waals surface area contributed by atoms with E-state index in [1.54, 1.807) is 0 Å². The van der Waals surface area contributed by atoms with Crippen molar-refractivity contribution in [2.45, 2.75) is 52.1 Å². The topological polar surface area (TPSA) is 29.9 Å². The summed E-state index contributed by atoms with van der Waals surface area (Å²) in [5.74, 6) is 0. The van der Waals surface area contributed by atoms with E-state index in [2.05, 4.69) is 59.4 Å². The summed E-state index contributed by atoms with van der Waals surface area (Å²) in [5.41, 5.74) is 5.48. The Labute approximate surface area is 127 Å². The van der Waals surface area contributed by atoms with Crippen LogP contribution in [0.4, 0.5) is 0 Å². The molecule has 0 radical (unpaired) electrons. The molecule has 2 aromatic rings. The van der Waals surface area contributed by atoms with Gasteiger partial charge in [-0.2, -0.15) is 5.10 Å². The van der Waals surface area contributed by atoms with Crippen LogP contribution < -0.4 is 5.32 Å². The maximum atomic E-state index is 4.65. The summed E-state index contributed by atoms with van der Waals surface area (Å²) >= 11 is 0. The number of rotatable bonds is 5. The summed E-state index contributed by atoms with van der Waals surface area (Å²) in [6.07, 6.45) is 6.92. The predicted octanol–water partition coefficient (Wildman–Crippen LogP) is 3.62. The van der Waals surface area contributed by atoms with E-state index in [9.17, 15) is 0 Å². The molecule has 1 aromatic heterocycles. The first kappa shape index (κ1) is 14.3. The van der Waals surface area contributed by atoms with Crippen molar-refractivity contribution in [3.63, 3.8) is 0 Å². The Hall–Kier alpha value is -1.61. The van der Waals surface area contributed by atoms with Gasteiger partial charge in [-0.3, -0.25) is 4.68 Å². The predicted molar refractivity (Wildman–Crippen MR) is 86.5 cm³/mol. The Morgan fingerprint density at radius 3 is 2.86 bits per heavy atom. The van der Waals surface area contributed by atoms with E-state index in [0.29, 0.717) is 6.04 Å². The van der Waals surface area contributed by atoms with Crippen molar-refractivity contribution in [1.29, 1.82) is 0 Å². The van der Waals surface area contributed by atoms with E-state index in [1.807, 2.05) is 0 Å². The van der Waals surface area contributed by atoms with Gasteiger partial charge in [0.2, 0.25) is 0 Å². The van der Waals surface area contributed by atoms with Crippen LogP contribution in [0.1, 0.15) is 54.6 Å². The van der Waals surface area contributed by atoms with Crippen LogP contribution in [-0.2, 0) is 13.0 Å². The van der Waals surface area contributed by atoms with Crippen LogP contribution in [0.2, 0.25) is 0 Å². The summed E-state index contributed by atoms with van der Waals surface area (Å²) in [7, 11) is 0. The smallest absolute Gasteiger partial charge is 0.0662 e. The van der Waals surface area contributed by atoms with Crippen LogP contribution in [0, 0.1) is 6.92 Å². The van der Waals surface area contributed by atoms with Gasteiger partial charge in [0.15, 0.2) is 0 Å². The van der Waals surface area contributed by atoms with E-state index in [4.69, 9.17) is 0 Å². The fourth-order valence-electron chi connectivity index (χ4n) is 3.15. The summed E-state index contributed by atoms with van der Waals surface area (Å²) in [6, 6.07) is 9.27. The van der Waals surface area contributed by atoms with Gasteiger partial charge in [-0.15, -0.1) is 0 Å². The first-order chi connectivity index (χ1) is 10.3. The molecule has 112 valence electrons.